The number of fused-ring (bicyclic) bond motifs is 1. The molecule has 5 heteroatoms. The quantitative estimate of drug-likeness (QED) is 0.525. The fourth-order valence-corrected chi connectivity index (χ4v) is 2.35. The van der Waals surface area contributed by atoms with Crippen LogP contribution in [0.25, 0.3) is 10.8 Å². The molecule has 0 saturated heterocycles. The number of hydrogen-bond donors (Lipinski definition) is 3. The van der Waals surface area contributed by atoms with Crippen molar-refractivity contribution in [2.45, 2.75) is 11.8 Å². The van der Waals surface area contributed by atoms with Gasteiger partial charge >= 0.3 is 0 Å². The van der Waals surface area contributed by atoms with Crippen molar-refractivity contribution >= 4 is 21.9 Å². The molecule has 2 rings (SSSR count). The molecule has 0 aliphatic rings. The van der Waals surface area contributed by atoms with Crippen molar-refractivity contribution in [1.82, 2.24) is 0 Å². The molecule has 0 heterocycles. The third kappa shape index (κ3) is 1.45. The molecule has 84 valence electrons. The first-order chi connectivity index (χ1) is 7.54. The average molecular weight is 238 g/mol. The van der Waals surface area contributed by atoms with Crippen LogP contribution in [0.1, 0.15) is 5.56 Å². The minimum atomic E-state index is -2.33. The average Bonchev–Trinajstić information content (AvgIpc) is 2.26. The third-order valence-electron chi connectivity index (χ3n) is 2.52. The van der Waals surface area contributed by atoms with Crippen LogP contribution in [0.2, 0.25) is 0 Å². The zero-order valence-corrected chi connectivity index (χ0v) is 9.28. The Kier molecular flexibility index (Phi) is 2.57. The topological polar surface area (TPSA) is 77.8 Å². The molecule has 0 saturated carbocycles. The van der Waals surface area contributed by atoms with E-state index >= 15 is 0 Å². The molecule has 2 aromatic carbocycles. The Morgan fingerprint density at radius 2 is 1.56 bits per heavy atom. The van der Waals surface area contributed by atoms with Gasteiger partial charge in [0.15, 0.2) is 11.1 Å². The van der Waals surface area contributed by atoms with E-state index in [1.807, 2.05) is 0 Å². The minimum absolute atomic E-state index is 0.0780. The number of phenols is 2. The van der Waals surface area contributed by atoms with Crippen LogP contribution in [-0.4, -0.2) is 19.0 Å². The summed E-state index contributed by atoms with van der Waals surface area (Å²) in [6.07, 6.45) is 0. The molecule has 0 bridgehead atoms. The molecule has 0 spiro atoms. The van der Waals surface area contributed by atoms with E-state index in [-0.39, 0.29) is 22.0 Å². The summed E-state index contributed by atoms with van der Waals surface area (Å²) in [5, 5.41) is 20.5. The lowest BCUT2D eigenvalue weighted by atomic mass is 10.0. The smallest absolute Gasteiger partial charge is 0.190 e. The van der Waals surface area contributed by atoms with Crippen molar-refractivity contribution in [3.63, 3.8) is 0 Å². The number of phenolic OH excluding ortho intramolecular Hbond substituents is 2. The van der Waals surface area contributed by atoms with Crippen LogP contribution in [0.3, 0.4) is 0 Å². The van der Waals surface area contributed by atoms with Gasteiger partial charge in [-0.25, -0.2) is 4.21 Å². The van der Waals surface area contributed by atoms with Crippen molar-refractivity contribution in [2.24, 2.45) is 0 Å². The summed E-state index contributed by atoms with van der Waals surface area (Å²) in [4.78, 5) is -0.142. The highest BCUT2D eigenvalue weighted by Crippen LogP contribution is 2.40. The monoisotopic (exact) mass is 238 g/mol. The number of aromatic hydroxyl groups is 2. The van der Waals surface area contributed by atoms with Crippen molar-refractivity contribution < 1.29 is 19.0 Å². The largest absolute Gasteiger partial charge is 0.507 e. The van der Waals surface area contributed by atoms with Crippen LogP contribution in [-0.2, 0) is 11.1 Å². The lowest BCUT2D eigenvalue weighted by Crippen LogP contribution is -1.95. The Balaban J connectivity index is 3.00. The van der Waals surface area contributed by atoms with E-state index < -0.39 is 11.1 Å². The van der Waals surface area contributed by atoms with Crippen LogP contribution in [0, 0.1) is 6.92 Å². The molecule has 0 amide bonds. The van der Waals surface area contributed by atoms with Crippen molar-refractivity contribution in [2.75, 3.05) is 0 Å². The molecule has 0 aliphatic heterocycles. The zero-order chi connectivity index (χ0) is 11.9. The summed E-state index contributed by atoms with van der Waals surface area (Å²) in [5.74, 6) is -0.336. The Bertz CT molecular complexity index is 592. The van der Waals surface area contributed by atoms with Crippen LogP contribution in [0.15, 0.2) is 29.2 Å². The van der Waals surface area contributed by atoms with Crippen LogP contribution < -0.4 is 0 Å². The molecule has 0 aromatic heterocycles. The Labute approximate surface area is 94.4 Å². The summed E-state index contributed by atoms with van der Waals surface area (Å²) in [6, 6.07) is 6.62. The van der Waals surface area contributed by atoms with E-state index in [0.29, 0.717) is 10.8 Å². The first kappa shape index (κ1) is 10.9. The van der Waals surface area contributed by atoms with Gasteiger partial charge in [-0.2, -0.15) is 0 Å². The molecular weight excluding hydrogens is 228 g/mol. The van der Waals surface area contributed by atoms with Crippen LogP contribution in [0.5, 0.6) is 11.5 Å². The van der Waals surface area contributed by atoms with E-state index in [2.05, 4.69) is 0 Å². The highest BCUT2D eigenvalue weighted by molar-refractivity contribution is 7.79. The van der Waals surface area contributed by atoms with Crippen molar-refractivity contribution in [3.8, 4) is 11.5 Å². The number of hydrogen-bond acceptors (Lipinski definition) is 3. The third-order valence-corrected chi connectivity index (χ3v) is 3.37. The SMILES string of the molecule is Cc1c(S(=O)O)c(O)c2ccccc2c1O. The fourth-order valence-electron chi connectivity index (χ4n) is 1.72. The van der Waals surface area contributed by atoms with E-state index in [9.17, 15) is 14.4 Å². The first-order valence-electron chi connectivity index (χ1n) is 4.58. The van der Waals surface area contributed by atoms with Gasteiger partial charge in [-0.1, -0.05) is 24.3 Å². The number of benzene rings is 2. The van der Waals surface area contributed by atoms with E-state index in [4.69, 9.17) is 4.55 Å². The van der Waals surface area contributed by atoms with Gasteiger partial charge in [0.2, 0.25) is 0 Å². The van der Waals surface area contributed by atoms with E-state index in [1.165, 1.54) is 6.92 Å². The van der Waals surface area contributed by atoms with E-state index in [1.54, 1.807) is 24.3 Å². The Hall–Kier alpha value is -1.59. The summed E-state index contributed by atoms with van der Waals surface area (Å²) < 4.78 is 20.1. The molecule has 0 radical (unpaired) electrons. The maximum atomic E-state index is 11.1. The summed E-state index contributed by atoms with van der Waals surface area (Å²) >= 11 is -2.33. The molecule has 1 atom stereocenters. The normalized spacial score (nSPS) is 12.9. The van der Waals surface area contributed by atoms with Crippen LogP contribution in [0.4, 0.5) is 0 Å². The zero-order valence-electron chi connectivity index (χ0n) is 8.47. The van der Waals surface area contributed by atoms with Gasteiger partial charge in [-0.15, -0.1) is 0 Å². The standard InChI is InChI=1S/C11H10O4S/c1-6-9(12)7-4-2-3-5-8(7)10(13)11(6)16(14)15/h2-5,12-13H,1H3,(H,14,15). The molecule has 1 unspecified atom stereocenters. The second-order valence-electron chi connectivity index (χ2n) is 3.45. The van der Waals surface area contributed by atoms with Crippen LogP contribution >= 0.6 is 0 Å². The lowest BCUT2D eigenvalue weighted by Gasteiger charge is -2.11. The van der Waals surface area contributed by atoms with Gasteiger partial charge in [-0.3, -0.25) is 0 Å². The highest BCUT2D eigenvalue weighted by Gasteiger charge is 2.19. The summed E-state index contributed by atoms with van der Waals surface area (Å²) in [6.45, 7) is 1.49. The lowest BCUT2D eigenvalue weighted by molar-refractivity contribution is 0.449. The second-order valence-corrected chi connectivity index (χ2v) is 4.35. The van der Waals surface area contributed by atoms with Gasteiger partial charge < -0.3 is 14.8 Å². The molecule has 2 aromatic rings. The first-order valence-corrected chi connectivity index (χ1v) is 5.68. The minimum Gasteiger partial charge on any atom is -0.507 e. The van der Waals surface area contributed by atoms with Gasteiger partial charge in [0.25, 0.3) is 0 Å². The highest BCUT2D eigenvalue weighted by atomic mass is 32.2. The van der Waals surface area contributed by atoms with Crippen molar-refractivity contribution in [1.29, 1.82) is 0 Å². The molecule has 0 aliphatic carbocycles. The fraction of sp³-hybridized carbons (Fsp3) is 0.0909. The van der Waals surface area contributed by atoms with Gasteiger partial charge in [-0.05, 0) is 6.92 Å². The molecule has 16 heavy (non-hydrogen) atoms. The Morgan fingerprint density at radius 3 is 2.06 bits per heavy atom. The second kappa shape index (κ2) is 3.77. The van der Waals surface area contributed by atoms with E-state index in [0.717, 1.165) is 0 Å². The van der Waals surface area contributed by atoms with Crippen molar-refractivity contribution in [3.05, 3.63) is 29.8 Å². The number of rotatable bonds is 1. The summed E-state index contributed by atoms with van der Waals surface area (Å²) in [7, 11) is 0. The summed E-state index contributed by atoms with van der Waals surface area (Å²) in [5.41, 5.74) is 0.219. The maximum Gasteiger partial charge on any atom is 0.190 e. The molecule has 0 fully saturated rings. The molecule has 3 N–H and O–H groups in total. The van der Waals surface area contributed by atoms with Gasteiger partial charge in [0.1, 0.15) is 16.4 Å². The van der Waals surface area contributed by atoms with Gasteiger partial charge in [0.05, 0.1) is 0 Å². The maximum absolute atomic E-state index is 11.1. The predicted molar refractivity (Wildman–Crippen MR) is 61.1 cm³/mol. The Morgan fingerprint density at radius 1 is 1.06 bits per heavy atom. The predicted octanol–water partition coefficient (Wildman–Crippen LogP) is 2.14. The molecule has 4 nitrogen and oxygen atoms in total. The molecular formula is C11H10O4S. The van der Waals surface area contributed by atoms with Gasteiger partial charge in [0, 0.05) is 16.3 Å².